The predicted octanol–water partition coefficient (Wildman–Crippen LogP) is 15.0. The Bertz CT molecular complexity index is 3710. The SMILES string of the molecule is c1cc(-c2nc(-c3ccc(-c4nc(-c5cccc(-c6cccc7ccccc67)c5)c5ccccc5n4)c4ccccc34)c3ccccc3n2)cc(-c2cccc3ccccc23)c1. The van der Waals surface area contributed by atoms with Crippen LogP contribution in [0, 0.1) is 0 Å². The molecule has 0 saturated heterocycles. The first-order chi connectivity index (χ1) is 30.7. The molecular formula is C58H36N4. The summed E-state index contributed by atoms with van der Waals surface area (Å²) in [6.45, 7) is 0. The number of rotatable bonds is 6. The maximum absolute atomic E-state index is 5.41. The van der Waals surface area contributed by atoms with Crippen molar-refractivity contribution < 1.29 is 0 Å². The number of hydrogen-bond acceptors (Lipinski definition) is 4. The standard InChI is InChI=1S/C58H36N4/c1-3-23-43-37(15-1)17-13-29-45(43)39-19-11-21-41(35-39)55-51-27-7-9-31-53(51)60-58(61-55)50-34-33-49(47-25-5-6-26-48(47)50)56-52-28-8-10-32-54(52)59-57(62-56)42-22-12-20-40(36-42)46-30-14-18-38-16-2-4-24-44(38)46/h1-36H. The molecule has 4 heteroatoms. The third-order valence-corrected chi connectivity index (χ3v) is 12.1. The fourth-order valence-electron chi connectivity index (χ4n) is 9.14. The van der Waals surface area contributed by atoms with Crippen molar-refractivity contribution in [2.75, 3.05) is 0 Å². The van der Waals surface area contributed by atoms with Gasteiger partial charge in [-0.3, -0.25) is 0 Å². The molecule has 0 aliphatic rings. The third-order valence-electron chi connectivity index (χ3n) is 12.1. The van der Waals surface area contributed by atoms with Gasteiger partial charge in [0, 0.05) is 33.0 Å². The maximum atomic E-state index is 5.41. The average Bonchev–Trinajstić information content (AvgIpc) is 3.35. The van der Waals surface area contributed by atoms with Crippen LogP contribution < -0.4 is 0 Å². The molecular weight excluding hydrogens is 753 g/mol. The van der Waals surface area contributed by atoms with E-state index in [0.717, 1.165) is 77.3 Å². The van der Waals surface area contributed by atoms with Gasteiger partial charge in [0.1, 0.15) is 0 Å². The van der Waals surface area contributed by atoms with E-state index in [1.807, 2.05) is 12.1 Å². The second kappa shape index (κ2) is 14.7. The molecule has 288 valence electrons. The van der Waals surface area contributed by atoms with Crippen molar-refractivity contribution in [2.24, 2.45) is 0 Å². The van der Waals surface area contributed by atoms with Crippen LogP contribution in [0.1, 0.15) is 0 Å². The molecule has 0 fully saturated rings. The molecule has 0 unspecified atom stereocenters. The molecule has 2 aromatic heterocycles. The average molecular weight is 789 g/mol. The highest BCUT2D eigenvalue weighted by Crippen LogP contribution is 2.40. The zero-order valence-corrected chi connectivity index (χ0v) is 33.6. The minimum atomic E-state index is 0.676. The van der Waals surface area contributed by atoms with Gasteiger partial charge in [-0.1, -0.05) is 188 Å². The zero-order valence-electron chi connectivity index (χ0n) is 33.6. The van der Waals surface area contributed by atoms with Gasteiger partial charge in [0.05, 0.1) is 22.4 Å². The van der Waals surface area contributed by atoms with E-state index in [9.17, 15) is 0 Å². The van der Waals surface area contributed by atoms with E-state index in [2.05, 4.69) is 206 Å². The van der Waals surface area contributed by atoms with E-state index in [-0.39, 0.29) is 0 Å². The number of fused-ring (bicyclic) bond motifs is 5. The molecule has 0 atom stereocenters. The summed E-state index contributed by atoms with van der Waals surface area (Å²) in [5, 5.41) is 9.01. The van der Waals surface area contributed by atoms with Crippen LogP contribution in [0.4, 0.5) is 0 Å². The van der Waals surface area contributed by atoms with Gasteiger partial charge in [0.15, 0.2) is 11.6 Å². The molecule has 12 rings (SSSR count). The highest BCUT2D eigenvalue weighted by molar-refractivity contribution is 6.09. The van der Waals surface area contributed by atoms with Crippen LogP contribution in [0.2, 0.25) is 0 Å². The molecule has 0 amide bonds. The molecule has 62 heavy (non-hydrogen) atoms. The predicted molar refractivity (Wildman–Crippen MR) is 258 cm³/mol. The minimum absolute atomic E-state index is 0.676. The number of benzene rings is 10. The van der Waals surface area contributed by atoms with Gasteiger partial charge in [0.25, 0.3) is 0 Å². The molecule has 12 aromatic rings. The van der Waals surface area contributed by atoms with Crippen molar-refractivity contribution in [2.45, 2.75) is 0 Å². The van der Waals surface area contributed by atoms with Crippen LogP contribution in [0.5, 0.6) is 0 Å². The van der Waals surface area contributed by atoms with Gasteiger partial charge in [-0.15, -0.1) is 0 Å². The van der Waals surface area contributed by atoms with Crippen molar-refractivity contribution in [3.05, 3.63) is 218 Å². The molecule has 0 saturated carbocycles. The molecule has 0 aliphatic heterocycles. The first-order valence-electron chi connectivity index (χ1n) is 21.0. The molecule has 2 heterocycles. The van der Waals surface area contributed by atoms with E-state index >= 15 is 0 Å². The summed E-state index contributed by atoms with van der Waals surface area (Å²) in [7, 11) is 0. The van der Waals surface area contributed by atoms with Gasteiger partial charge in [0.2, 0.25) is 0 Å². The number of nitrogens with zero attached hydrogens (tertiary/aromatic N) is 4. The van der Waals surface area contributed by atoms with E-state index < -0.39 is 0 Å². The van der Waals surface area contributed by atoms with Crippen molar-refractivity contribution in [3.63, 3.8) is 0 Å². The lowest BCUT2D eigenvalue weighted by molar-refractivity contribution is 1.23. The van der Waals surface area contributed by atoms with Crippen LogP contribution in [0.15, 0.2) is 218 Å². The van der Waals surface area contributed by atoms with Gasteiger partial charge < -0.3 is 0 Å². The second-order valence-corrected chi connectivity index (χ2v) is 15.7. The fourth-order valence-corrected chi connectivity index (χ4v) is 9.14. The Kier molecular flexibility index (Phi) is 8.46. The second-order valence-electron chi connectivity index (χ2n) is 15.7. The molecule has 0 radical (unpaired) electrons. The third kappa shape index (κ3) is 6.08. The first-order valence-corrected chi connectivity index (χ1v) is 21.0. The van der Waals surface area contributed by atoms with Crippen molar-refractivity contribution >= 4 is 54.1 Å². The normalized spacial score (nSPS) is 11.5. The van der Waals surface area contributed by atoms with Crippen LogP contribution in [-0.4, -0.2) is 19.9 Å². The monoisotopic (exact) mass is 788 g/mol. The number of hydrogen-bond donors (Lipinski definition) is 0. The Hall–Kier alpha value is -8.34. The fraction of sp³-hybridized carbons (Fsp3) is 0. The van der Waals surface area contributed by atoms with E-state index in [1.54, 1.807) is 0 Å². The Morgan fingerprint density at radius 1 is 0.226 bits per heavy atom. The van der Waals surface area contributed by atoms with Gasteiger partial charge in [-0.2, -0.15) is 0 Å². The van der Waals surface area contributed by atoms with Crippen molar-refractivity contribution in [3.8, 4) is 67.5 Å². The highest BCUT2D eigenvalue weighted by atomic mass is 14.9. The van der Waals surface area contributed by atoms with Crippen LogP contribution in [-0.2, 0) is 0 Å². The first kappa shape index (κ1) is 35.6. The summed E-state index contributed by atoms with van der Waals surface area (Å²) in [6.07, 6.45) is 0. The van der Waals surface area contributed by atoms with Crippen LogP contribution >= 0.6 is 0 Å². The van der Waals surface area contributed by atoms with Gasteiger partial charge in [-0.05, 0) is 84.9 Å². The molecule has 0 spiro atoms. The molecule has 0 bridgehead atoms. The van der Waals surface area contributed by atoms with E-state index in [0.29, 0.717) is 11.6 Å². The molecule has 0 aliphatic carbocycles. The summed E-state index contributed by atoms with van der Waals surface area (Å²) in [6, 6.07) is 76.9. The smallest absolute Gasteiger partial charge is 0.161 e. The summed E-state index contributed by atoms with van der Waals surface area (Å²) in [4.78, 5) is 21.2. The van der Waals surface area contributed by atoms with Crippen molar-refractivity contribution in [1.82, 2.24) is 19.9 Å². The molecule has 0 N–H and O–H groups in total. The summed E-state index contributed by atoms with van der Waals surface area (Å²) >= 11 is 0. The topological polar surface area (TPSA) is 51.6 Å². The zero-order chi connectivity index (χ0) is 41.0. The minimum Gasteiger partial charge on any atom is -0.228 e. The Labute approximate surface area is 358 Å². The van der Waals surface area contributed by atoms with Crippen LogP contribution in [0.25, 0.3) is 122 Å². The molecule has 10 aromatic carbocycles. The highest BCUT2D eigenvalue weighted by Gasteiger charge is 2.19. The van der Waals surface area contributed by atoms with Crippen molar-refractivity contribution in [1.29, 1.82) is 0 Å². The van der Waals surface area contributed by atoms with Gasteiger partial charge in [-0.25, -0.2) is 19.9 Å². The summed E-state index contributed by atoms with van der Waals surface area (Å²) in [5.41, 5.74) is 12.2. The Morgan fingerprint density at radius 2 is 0.645 bits per heavy atom. The quantitative estimate of drug-likeness (QED) is 0.168. The van der Waals surface area contributed by atoms with Gasteiger partial charge >= 0.3 is 0 Å². The largest absolute Gasteiger partial charge is 0.228 e. The van der Waals surface area contributed by atoms with E-state index in [4.69, 9.17) is 19.9 Å². The number of para-hydroxylation sites is 2. The Balaban J connectivity index is 1.00. The van der Waals surface area contributed by atoms with E-state index in [1.165, 1.54) is 32.7 Å². The lowest BCUT2D eigenvalue weighted by Gasteiger charge is -2.15. The van der Waals surface area contributed by atoms with Crippen LogP contribution in [0.3, 0.4) is 0 Å². The molecule has 4 nitrogen and oxygen atoms in total. The summed E-state index contributed by atoms with van der Waals surface area (Å²) in [5.74, 6) is 1.36. The number of aromatic nitrogens is 4. The lowest BCUT2D eigenvalue weighted by Crippen LogP contribution is -1.98. The lowest BCUT2D eigenvalue weighted by atomic mass is 9.94. The Morgan fingerprint density at radius 3 is 1.29 bits per heavy atom. The summed E-state index contributed by atoms with van der Waals surface area (Å²) < 4.78 is 0. The maximum Gasteiger partial charge on any atom is 0.161 e.